The molecule has 0 radical (unpaired) electrons. The Bertz CT molecular complexity index is 274. The van der Waals surface area contributed by atoms with Gasteiger partial charge in [-0.1, -0.05) is 13.8 Å². The monoisotopic (exact) mass is 271 g/mol. The third kappa shape index (κ3) is 2.87. The molecule has 0 aromatic rings. The van der Waals surface area contributed by atoms with Gasteiger partial charge in [0.2, 0.25) is 0 Å². The van der Waals surface area contributed by atoms with Gasteiger partial charge in [-0.05, 0) is 39.4 Å². The van der Waals surface area contributed by atoms with Crippen molar-refractivity contribution >= 4 is 11.8 Å². The summed E-state index contributed by atoms with van der Waals surface area (Å²) in [5.41, 5.74) is 6.36. The second kappa shape index (κ2) is 6.12. The zero-order chi connectivity index (χ0) is 13.2. The van der Waals surface area contributed by atoms with Crippen LogP contribution in [0.25, 0.3) is 0 Å². The van der Waals surface area contributed by atoms with Gasteiger partial charge in [-0.3, -0.25) is 9.80 Å². The van der Waals surface area contributed by atoms with E-state index in [-0.39, 0.29) is 5.54 Å². The van der Waals surface area contributed by atoms with E-state index in [1.165, 1.54) is 44.6 Å². The summed E-state index contributed by atoms with van der Waals surface area (Å²) in [5, 5.41) is 0.766. The fraction of sp³-hybridized carbons (Fsp3) is 1.00. The van der Waals surface area contributed by atoms with Crippen molar-refractivity contribution in [2.75, 3.05) is 39.0 Å². The molecule has 2 N–H and O–H groups in total. The van der Waals surface area contributed by atoms with Gasteiger partial charge in [0.1, 0.15) is 0 Å². The molecule has 0 aromatic heterocycles. The summed E-state index contributed by atoms with van der Waals surface area (Å²) in [5.74, 6) is 1.21. The third-order valence-electron chi connectivity index (χ3n) is 4.88. The van der Waals surface area contributed by atoms with Gasteiger partial charge in [-0.25, -0.2) is 0 Å². The predicted octanol–water partition coefficient (Wildman–Crippen LogP) is 1.63. The molecule has 0 spiro atoms. The van der Waals surface area contributed by atoms with Gasteiger partial charge in [0.25, 0.3) is 0 Å². The summed E-state index contributed by atoms with van der Waals surface area (Å²) in [6.07, 6.45) is 3.98. The first-order valence-electron chi connectivity index (χ1n) is 7.38. The van der Waals surface area contributed by atoms with Gasteiger partial charge in [0.15, 0.2) is 0 Å². The number of hydrogen-bond donors (Lipinski definition) is 1. The molecule has 2 heterocycles. The molecule has 0 saturated carbocycles. The molecule has 0 amide bonds. The van der Waals surface area contributed by atoms with E-state index >= 15 is 0 Å². The topological polar surface area (TPSA) is 32.5 Å². The number of rotatable bonds is 5. The van der Waals surface area contributed by atoms with E-state index in [0.29, 0.717) is 0 Å². The molecule has 4 heteroatoms. The highest BCUT2D eigenvalue weighted by Crippen LogP contribution is 2.37. The van der Waals surface area contributed by atoms with Crippen LogP contribution in [-0.4, -0.2) is 65.6 Å². The molecule has 2 aliphatic rings. The Hall–Kier alpha value is 0.230. The standard InChI is InChI=1S/C14H29N3S/c1-4-17-7-5-6-13(17)9-16(3)14(10-15)8-12(2)18-11-14/h12-13H,4-11,15H2,1-3H3. The summed E-state index contributed by atoms with van der Waals surface area (Å²) in [6, 6.07) is 0.754. The molecule has 2 aliphatic heterocycles. The van der Waals surface area contributed by atoms with Crippen molar-refractivity contribution in [1.29, 1.82) is 0 Å². The molecule has 3 nitrogen and oxygen atoms in total. The molecule has 0 aromatic carbocycles. The van der Waals surface area contributed by atoms with Gasteiger partial charge in [-0.2, -0.15) is 11.8 Å². The van der Waals surface area contributed by atoms with Gasteiger partial charge < -0.3 is 5.73 Å². The highest BCUT2D eigenvalue weighted by Gasteiger charge is 2.41. The lowest BCUT2D eigenvalue weighted by Crippen LogP contribution is -2.55. The first kappa shape index (κ1) is 14.6. The van der Waals surface area contributed by atoms with Crippen LogP contribution in [-0.2, 0) is 0 Å². The lowest BCUT2D eigenvalue weighted by molar-refractivity contribution is 0.106. The van der Waals surface area contributed by atoms with E-state index in [2.05, 4.69) is 42.5 Å². The van der Waals surface area contributed by atoms with Gasteiger partial charge in [0, 0.05) is 35.7 Å². The van der Waals surface area contributed by atoms with Crippen molar-refractivity contribution in [1.82, 2.24) is 9.80 Å². The van der Waals surface area contributed by atoms with Crippen LogP contribution >= 0.6 is 11.8 Å². The second-order valence-electron chi connectivity index (χ2n) is 6.06. The molecule has 3 atom stereocenters. The highest BCUT2D eigenvalue weighted by molar-refractivity contribution is 8.00. The van der Waals surface area contributed by atoms with E-state index < -0.39 is 0 Å². The number of nitrogens with two attached hydrogens (primary N) is 1. The summed E-state index contributed by atoms with van der Waals surface area (Å²) in [7, 11) is 2.29. The van der Waals surface area contributed by atoms with Crippen LogP contribution in [0.5, 0.6) is 0 Å². The Kier molecular flexibility index (Phi) is 4.98. The molecule has 106 valence electrons. The van der Waals surface area contributed by atoms with Gasteiger partial charge in [0.05, 0.1) is 0 Å². The number of hydrogen-bond acceptors (Lipinski definition) is 4. The fourth-order valence-electron chi connectivity index (χ4n) is 3.54. The molecule has 18 heavy (non-hydrogen) atoms. The highest BCUT2D eigenvalue weighted by atomic mass is 32.2. The summed E-state index contributed by atoms with van der Waals surface area (Å²) in [6.45, 7) is 9.10. The molecular formula is C14H29N3S. The molecule has 3 unspecified atom stereocenters. The molecule has 2 rings (SSSR count). The lowest BCUT2D eigenvalue weighted by atomic mass is 9.93. The fourth-order valence-corrected chi connectivity index (χ4v) is 5.02. The van der Waals surface area contributed by atoms with E-state index in [1.807, 2.05) is 0 Å². The van der Waals surface area contributed by atoms with Crippen molar-refractivity contribution < 1.29 is 0 Å². The Morgan fingerprint density at radius 2 is 2.28 bits per heavy atom. The van der Waals surface area contributed by atoms with Crippen LogP contribution in [0.15, 0.2) is 0 Å². The SMILES string of the molecule is CCN1CCCC1CN(C)C1(CN)CSC(C)C1. The quantitative estimate of drug-likeness (QED) is 0.824. The summed E-state index contributed by atoms with van der Waals surface area (Å²) < 4.78 is 0. The van der Waals surface area contributed by atoms with E-state index in [1.54, 1.807) is 0 Å². The Morgan fingerprint density at radius 1 is 1.50 bits per heavy atom. The van der Waals surface area contributed by atoms with Crippen molar-refractivity contribution in [3.8, 4) is 0 Å². The Labute approximate surface area is 116 Å². The first-order valence-corrected chi connectivity index (χ1v) is 8.43. The molecule has 0 bridgehead atoms. The maximum Gasteiger partial charge on any atom is 0.0430 e. The van der Waals surface area contributed by atoms with Crippen LogP contribution in [0.2, 0.25) is 0 Å². The van der Waals surface area contributed by atoms with Crippen LogP contribution in [0.1, 0.15) is 33.1 Å². The Balaban J connectivity index is 1.95. The number of nitrogens with zero attached hydrogens (tertiary/aromatic N) is 2. The van der Waals surface area contributed by atoms with Gasteiger partial charge >= 0.3 is 0 Å². The maximum absolute atomic E-state index is 6.10. The minimum atomic E-state index is 0.256. The third-order valence-corrected chi connectivity index (χ3v) is 6.32. The average Bonchev–Trinajstić information content (AvgIpc) is 2.96. The summed E-state index contributed by atoms with van der Waals surface area (Å²) in [4.78, 5) is 5.20. The average molecular weight is 271 g/mol. The van der Waals surface area contributed by atoms with Crippen LogP contribution < -0.4 is 5.73 Å². The minimum Gasteiger partial charge on any atom is -0.329 e. The van der Waals surface area contributed by atoms with Crippen LogP contribution in [0, 0.1) is 0 Å². The number of likely N-dealkylation sites (tertiary alicyclic amines) is 1. The van der Waals surface area contributed by atoms with Crippen LogP contribution in [0.4, 0.5) is 0 Å². The second-order valence-corrected chi connectivity index (χ2v) is 7.49. The molecule has 0 aliphatic carbocycles. The predicted molar refractivity (Wildman–Crippen MR) is 81.2 cm³/mol. The normalized spacial score (nSPS) is 37.8. The van der Waals surface area contributed by atoms with Gasteiger partial charge in [-0.15, -0.1) is 0 Å². The first-order chi connectivity index (χ1) is 8.61. The van der Waals surface area contributed by atoms with E-state index in [9.17, 15) is 0 Å². The zero-order valence-electron chi connectivity index (χ0n) is 12.2. The number of likely N-dealkylation sites (N-methyl/N-ethyl adjacent to an activating group) is 2. The minimum absolute atomic E-state index is 0.256. The maximum atomic E-state index is 6.10. The molecule has 2 fully saturated rings. The summed E-state index contributed by atoms with van der Waals surface area (Å²) >= 11 is 2.09. The lowest BCUT2D eigenvalue weighted by Gasteiger charge is -2.40. The van der Waals surface area contributed by atoms with Crippen LogP contribution in [0.3, 0.4) is 0 Å². The van der Waals surface area contributed by atoms with Crippen molar-refractivity contribution in [2.45, 2.75) is 49.9 Å². The van der Waals surface area contributed by atoms with E-state index in [4.69, 9.17) is 5.73 Å². The van der Waals surface area contributed by atoms with Crippen molar-refractivity contribution in [2.24, 2.45) is 5.73 Å². The molecule has 2 saturated heterocycles. The smallest absolute Gasteiger partial charge is 0.0430 e. The van der Waals surface area contributed by atoms with Crippen molar-refractivity contribution in [3.63, 3.8) is 0 Å². The van der Waals surface area contributed by atoms with E-state index in [0.717, 1.165) is 17.8 Å². The zero-order valence-corrected chi connectivity index (χ0v) is 13.0. The van der Waals surface area contributed by atoms with Crippen molar-refractivity contribution in [3.05, 3.63) is 0 Å². The Morgan fingerprint density at radius 3 is 2.83 bits per heavy atom. The largest absolute Gasteiger partial charge is 0.329 e. The number of thioether (sulfide) groups is 1. The molecular weight excluding hydrogens is 242 g/mol.